The van der Waals surface area contributed by atoms with Gasteiger partial charge >= 0.3 is 5.97 Å². The molecular formula is C16H24N4O4. The third kappa shape index (κ3) is 3.43. The number of ether oxygens (including phenoxy) is 2. The van der Waals surface area contributed by atoms with E-state index in [4.69, 9.17) is 9.47 Å². The van der Waals surface area contributed by atoms with Crippen molar-refractivity contribution in [1.82, 2.24) is 20.1 Å². The number of aromatic nitrogens is 3. The molecule has 1 unspecified atom stereocenters. The highest BCUT2D eigenvalue weighted by atomic mass is 16.6. The highest BCUT2D eigenvalue weighted by Gasteiger charge is 2.53. The van der Waals surface area contributed by atoms with Crippen LogP contribution in [0.15, 0.2) is 6.33 Å². The van der Waals surface area contributed by atoms with Gasteiger partial charge in [0.1, 0.15) is 11.9 Å². The van der Waals surface area contributed by atoms with Crippen LogP contribution in [-0.4, -0.2) is 46.0 Å². The normalized spacial score (nSPS) is 22.0. The van der Waals surface area contributed by atoms with Gasteiger partial charge in [-0.1, -0.05) is 0 Å². The van der Waals surface area contributed by atoms with E-state index in [9.17, 15) is 9.59 Å². The maximum absolute atomic E-state index is 12.6. The number of hydrogen-bond donors (Lipinski definition) is 1. The Bertz CT molecular complexity index is 595. The monoisotopic (exact) mass is 336 g/mol. The molecule has 0 aromatic carbocycles. The molecule has 8 nitrogen and oxygen atoms in total. The molecule has 2 heterocycles. The average molecular weight is 336 g/mol. The molecule has 1 aromatic rings. The molecule has 3 rings (SSSR count). The minimum Gasteiger partial charge on any atom is -0.458 e. The summed E-state index contributed by atoms with van der Waals surface area (Å²) in [6, 6.07) is 0. The summed E-state index contributed by atoms with van der Waals surface area (Å²) in [5.41, 5.74) is -0.576. The minimum atomic E-state index is -0.576. The van der Waals surface area contributed by atoms with Crippen LogP contribution in [0.2, 0.25) is 0 Å². The van der Waals surface area contributed by atoms with E-state index in [0.717, 1.165) is 38.6 Å². The zero-order valence-electron chi connectivity index (χ0n) is 14.0. The van der Waals surface area contributed by atoms with Gasteiger partial charge in [-0.15, -0.1) is 10.2 Å². The number of methoxy groups -OCH3 is 1. The fraction of sp³-hybridized carbons (Fsp3) is 0.750. The second kappa shape index (κ2) is 7.29. The van der Waals surface area contributed by atoms with Crippen molar-refractivity contribution < 1.29 is 19.1 Å². The number of nitrogens with zero attached hydrogens (tertiary/aromatic N) is 3. The summed E-state index contributed by atoms with van der Waals surface area (Å²) in [5, 5.41) is 10.9. The predicted octanol–water partition coefficient (Wildman–Crippen LogP) is 0.807. The van der Waals surface area contributed by atoms with Crippen LogP contribution >= 0.6 is 0 Å². The number of aryl methyl sites for hydroxylation is 1. The molecule has 1 aliphatic carbocycles. The van der Waals surface area contributed by atoms with Gasteiger partial charge in [-0.05, 0) is 32.1 Å². The Balaban J connectivity index is 1.58. The fourth-order valence-corrected chi connectivity index (χ4v) is 3.72. The maximum Gasteiger partial charge on any atom is 0.307 e. The topological polar surface area (TPSA) is 95.3 Å². The summed E-state index contributed by atoms with van der Waals surface area (Å²) in [4.78, 5) is 24.3. The van der Waals surface area contributed by atoms with Gasteiger partial charge < -0.3 is 19.4 Å². The molecule has 0 radical (unpaired) electrons. The standard InChI is InChI=1S/C16H24N4O4/c1-23-8-4-7-20-11-18-19-13(20)10-17-15(22)12-9-14(21)24-16(12)5-2-3-6-16/h11-12H,2-10H2,1H3,(H,17,22). The number of hydrogen-bond acceptors (Lipinski definition) is 6. The molecule has 1 spiro atoms. The molecule has 132 valence electrons. The van der Waals surface area contributed by atoms with Gasteiger partial charge in [0.2, 0.25) is 5.91 Å². The molecule has 24 heavy (non-hydrogen) atoms. The van der Waals surface area contributed by atoms with Gasteiger partial charge in [-0.2, -0.15) is 0 Å². The van der Waals surface area contributed by atoms with E-state index in [1.165, 1.54) is 0 Å². The van der Waals surface area contributed by atoms with E-state index >= 15 is 0 Å². The third-order valence-electron chi connectivity index (χ3n) is 4.95. The molecule has 8 heteroatoms. The third-order valence-corrected chi connectivity index (χ3v) is 4.95. The first-order valence-electron chi connectivity index (χ1n) is 8.50. The Labute approximate surface area is 140 Å². The van der Waals surface area contributed by atoms with Crippen LogP contribution in [0.3, 0.4) is 0 Å². The first-order chi connectivity index (χ1) is 11.6. The van der Waals surface area contributed by atoms with Crippen molar-refractivity contribution in [2.45, 2.75) is 57.2 Å². The van der Waals surface area contributed by atoms with E-state index in [-0.39, 0.29) is 18.3 Å². The van der Waals surface area contributed by atoms with Crippen LogP contribution in [0.1, 0.15) is 44.3 Å². The molecule has 2 aliphatic rings. The molecule has 2 fully saturated rings. The maximum atomic E-state index is 12.6. The van der Waals surface area contributed by atoms with Crippen molar-refractivity contribution in [2.24, 2.45) is 5.92 Å². The predicted molar refractivity (Wildman–Crippen MR) is 83.8 cm³/mol. The lowest BCUT2D eigenvalue weighted by Gasteiger charge is -2.27. The Morgan fingerprint density at radius 3 is 3.04 bits per heavy atom. The van der Waals surface area contributed by atoms with Crippen molar-refractivity contribution in [2.75, 3.05) is 13.7 Å². The highest BCUT2D eigenvalue weighted by Crippen LogP contribution is 2.45. The number of esters is 1. The number of rotatable bonds is 7. The van der Waals surface area contributed by atoms with Crippen molar-refractivity contribution in [3.63, 3.8) is 0 Å². The smallest absolute Gasteiger partial charge is 0.307 e. The van der Waals surface area contributed by atoms with Gasteiger partial charge in [0.25, 0.3) is 0 Å². The zero-order chi connectivity index (χ0) is 17.0. The second-order valence-corrected chi connectivity index (χ2v) is 6.51. The van der Waals surface area contributed by atoms with E-state index in [1.807, 2.05) is 4.57 Å². The Morgan fingerprint density at radius 2 is 2.29 bits per heavy atom. The molecule has 1 amide bonds. The lowest BCUT2D eigenvalue weighted by molar-refractivity contribution is -0.150. The van der Waals surface area contributed by atoms with Crippen LogP contribution in [0.4, 0.5) is 0 Å². The lowest BCUT2D eigenvalue weighted by atomic mass is 9.85. The van der Waals surface area contributed by atoms with Crippen molar-refractivity contribution in [3.05, 3.63) is 12.2 Å². The first kappa shape index (κ1) is 16.9. The largest absolute Gasteiger partial charge is 0.458 e. The first-order valence-corrected chi connectivity index (χ1v) is 8.50. The zero-order valence-corrected chi connectivity index (χ0v) is 14.0. The lowest BCUT2D eigenvalue weighted by Crippen LogP contribution is -2.42. The average Bonchev–Trinajstić information content (AvgIpc) is 3.27. The molecule has 0 bridgehead atoms. The van der Waals surface area contributed by atoms with Crippen LogP contribution in [0, 0.1) is 5.92 Å². The van der Waals surface area contributed by atoms with Gasteiger partial charge in [0, 0.05) is 20.3 Å². The molecule has 1 atom stereocenters. The minimum absolute atomic E-state index is 0.130. The second-order valence-electron chi connectivity index (χ2n) is 6.51. The van der Waals surface area contributed by atoms with Crippen molar-refractivity contribution in [1.29, 1.82) is 0 Å². The van der Waals surface area contributed by atoms with Gasteiger partial charge in [0.15, 0.2) is 5.82 Å². The number of carbonyl (C=O) groups is 2. The Morgan fingerprint density at radius 1 is 1.50 bits per heavy atom. The summed E-state index contributed by atoms with van der Waals surface area (Å²) in [7, 11) is 1.66. The fourth-order valence-electron chi connectivity index (χ4n) is 3.72. The van der Waals surface area contributed by atoms with Crippen molar-refractivity contribution >= 4 is 11.9 Å². The molecule has 1 aliphatic heterocycles. The van der Waals surface area contributed by atoms with Crippen LogP contribution in [0.5, 0.6) is 0 Å². The van der Waals surface area contributed by atoms with Crippen molar-refractivity contribution in [3.8, 4) is 0 Å². The quantitative estimate of drug-likeness (QED) is 0.585. The SMILES string of the molecule is COCCCn1cnnc1CNC(=O)C1CC(=O)OC12CCCC2. The summed E-state index contributed by atoms with van der Waals surface area (Å²) < 4.78 is 12.5. The molecule has 1 saturated heterocycles. The summed E-state index contributed by atoms with van der Waals surface area (Å²) in [6.07, 6.45) is 6.25. The van der Waals surface area contributed by atoms with Crippen LogP contribution < -0.4 is 5.32 Å². The molecule has 1 saturated carbocycles. The molecule has 1 N–H and O–H groups in total. The van der Waals surface area contributed by atoms with Gasteiger partial charge in [-0.25, -0.2) is 0 Å². The number of amides is 1. The number of nitrogens with one attached hydrogen (secondary N) is 1. The van der Waals surface area contributed by atoms with E-state index < -0.39 is 11.5 Å². The highest BCUT2D eigenvalue weighted by molar-refractivity contribution is 5.87. The summed E-state index contributed by atoms with van der Waals surface area (Å²) >= 11 is 0. The summed E-state index contributed by atoms with van der Waals surface area (Å²) in [6.45, 7) is 1.70. The molecular weight excluding hydrogens is 312 g/mol. The Kier molecular flexibility index (Phi) is 5.13. The Hall–Kier alpha value is -1.96. The summed E-state index contributed by atoms with van der Waals surface area (Å²) in [5.74, 6) is -0.0866. The van der Waals surface area contributed by atoms with Gasteiger partial charge in [-0.3, -0.25) is 9.59 Å². The molecule has 1 aromatic heterocycles. The number of carbonyl (C=O) groups excluding carboxylic acids is 2. The van der Waals surface area contributed by atoms with Crippen LogP contribution in [0.25, 0.3) is 0 Å². The van der Waals surface area contributed by atoms with E-state index in [1.54, 1.807) is 13.4 Å². The van der Waals surface area contributed by atoms with Gasteiger partial charge in [0.05, 0.1) is 18.9 Å². The van der Waals surface area contributed by atoms with E-state index in [2.05, 4.69) is 15.5 Å². The van der Waals surface area contributed by atoms with Crippen LogP contribution in [-0.2, 0) is 32.2 Å². The van der Waals surface area contributed by atoms with E-state index in [0.29, 0.717) is 19.0 Å².